The first kappa shape index (κ1) is 13.8. The molecule has 2 fully saturated rings. The van der Waals surface area contributed by atoms with Crippen LogP contribution in [-0.2, 0) is 9.53 Å². The Morgan fingerprint density at radius 3 is 2.94 bits per heavy atom. The van der Waals surface area contributed by atoms with Crippen molar-refractivity contribution in [3.05, 3.63) is 0 Å². The zero-order valence-corrected chi connectivity index (χ0v) is 11.5. The van der Waals surface area contributed by atoms with Gasteiger partial charge in [-0.05, 0) is 45.1 Å². The van der Waals surface area contributed by atoms with Gasteiger partial charge in [0.05, 0.1) is 0 Å². The normalized spacial score (nSPS) is 28.6. The number of piperidine rings is 1. The fraction of sp³-hybridized carbons (Fsp3) is 0.929. The lowest BCUT2D eigenvalue weighted by molar-refractivity contribution is -0.135. The quantitative estimate of drug-likeness (QED) is 0.757. The van der Waals surface area contributed by atoms with Crippen LogP contribution in [0.25, 0.3) is 0 Å². The summed E-state index contributed by atoms with van der Waals surface area (Å²) in [6.07, 6.45) is 7.57. The summed E-state index contributed by atoms with van der Waals surface area (Å²) in [6.45, 7) is 2.76. The molecule has 1 N–H and O–H groups in total. The van der Waals surface area contributed by atoms with Crippen LogP contribution in [0.3, 0.4) is 0 Å². The molecular formula is C14H26N2O2. The van der Waals surface area contributed by atoms with E-state index in [0.29, 0.717) is 31.0 Å². The number of amides is 1. The molecule has 0 aromatic heterocycles. The minimum Gasteiger partial charge on any atom is -0.385 e. The Morgan fingerprint density at radius 2 is 2.22 bits per heavy atom. The number of carbonyl (C=O) groups is 1. The van der Waals surface area contributed by atoms with Crippen molar-refractivity contribution in [3.63, 3.8) is 0 Å². The van der Waals surface area contributed by atoms with E-state index < -0.39 is 0 Å². The SMILES string of the molecule is COCCCC(=O)N1CCCCC1C1CCCN1. The molecule has 4 nitrogen and oxygen atoms in total. The number of hydrogen-bond donors (Lipinski definition) is 1. The second-order valence-electron chi connectivity index (χ2n) is 5.45. The van der Waals surface area contributed by atoms with Gasteiger partial charge in [0.15, 0.2) is 0 Å². The maximum Gasteiger partial charge on any atom is 0.222 e. The largest absolute Gasteiger partial charge is 0.385 e. The van der Waals surface area contributed by atoms with E-state index in [2.05, 4.69) is 10.2 Å². The molecule has 2 saturated heterocycles. The predicted molar refractivity (Wildman–Crippen MR) is 71.5 cm³/mol. The molecule has 0 aromatic carbocycles. The summed E-state index contributed by atoms with van der Waals surface area (Å²) in [5.41, 5.74) is 0. The van der Waals surface area contributed by atoms with E-state index in [1.165, 1.54) is 32.1 Å². The molecule has 0 spiro atoms. The summed E-state index contributed by atoms with van der Waals surface area (Å²) in [6, 6.07) is 0.980. The average Bonchev–Trinajstić information content (AvgIpc) is 2.93. The van der Waals surface area contributed by atoms with Gasteiger partial charge in [-0.3, -0.25) is 4.79 Å². The number of methoxy groups -OCH3 is 1. The number of hydrogen-bond acceptors (Lipinski definition) is 3. The fourth-order valence-electron chi connectivity index (χ4n) is 3.24. The summed E-state index contributed by atoms with van der Waals surface area (Å²) in [7, 11) is 1.69. The number of likely N-dealkylation sites (tertiary alicyclic amines) is 1. The topological polar surface area (TPSA) is 41.6 Å². The maximum atomic E-state index is 12.3. The Morgan fingerprint density at radius 1 is 1.33 bits per heavy atom. The molecule has 0 saturated carbocycles. The van der Waals surface area contributed by atoms with E-state index in [1.807, 2.05) is 0 Å². The molecule has 0 bridgehead atoms. The van der Waals surface area contributed by atoms with Crippen LogP contribution in [0.4, 0.5) is 0 Å². The molecule has 2 aliphatic heterocycles. The second kappa shape index (κ2) is 7.10. The van der Waals surface area contributed by atoms with Gasteiger partial charge in [0.1, 0.15) is 0 Å². The third-order valence-electron chi connectivity index (χ3n) is 4.17. The highest BCUT2D eigenvalue weighted by Crippen LogP contribution is 2.25. The van der Waals surface area contributed by atoms with Gasteiger partial charge in [-0.2, -0.15) is 0 Å². The summed E-state index contributed by atoms with van der Waals surface area (Å²) >= 11 is 0. The van der Waals surface area contributed by atoms with Crippen molar-refractivity contribution in [2.75, 3.05) is 26.8 Å². The molecule has 2 rings (SSSR count). The Balaban J connectivity index is 1.87. The van der Waals surface area contributed by atoms with Crippen molar-refractivity contribution in [2.24, 2.45) is 0 Å². The molecule has 1 amide bonds. The van der Waals surface area contributed by atoms with Gasteiger partial charge in [-0.15, -0.1) is 0 Å². The first-order valence-corrected chi connectivity index (χ1v) is 7.34. The minimum atomic E-state index is 0.324. The van der Waals surface area contributed by atoms with E-state index >= 15 is 0 Å². The second-order valence-corrected chi connectivity index (χ2v) is 5.45. The molecule has 18 heavy (non-hydrogen) atoms. The Hall–Kier alpha value is -0.610. The van der Waals surface area contributed by atoms with E-state index in [9.17, 15) is 4.79 Å². The van der Waals surface area contributed by atoms with Crippen molar-refractivity contribution in [2.45, 2.75) is 57.0 Å². The van der Waals surface area contributed by atoms with Crippen LogP contribution in [-0.4, -0.2) is 49.7 Å². The number of ether oxygens (including phenoxy) is 1. The van der Waals surface area contributed by atoms with Crippen molar-refractivity contribution < 1.29 is 9.53 Å². The van der Waals surface area contributed by atoms with Crippen LogP contribution >= 0.6 is 0 Å². The summed E-state index contributed by atoms with van der Waals surface area (Å²) < 4.78 is 5.02. The van der Waals surface area contributed by atoms with Gasteiger partial charge in [0, 0.05) is 38.8 Å². The maximum absolute atomic E-state index is 12.3. The van der Waals surface area contributed by atoms with Crippen molar-refractivity contribution in [1.82, 2.24) is 10.2 Å². The van der Waals surface area contributed by atoms with Gasteiger partial charge in [0.2, 0.25) is 5.91 Å². The standard InChI is InChI=1S/C14H26N2O2/c1-18-11-5-8-14(17)16-10-3-2-7-13(16)12-6-4-9-15-12/h12-13,15H,2-11H2,1H3. The first-order chi connectivity index (χ1) is 8.83. The molecule has 104 valence electrons. The Kier molecular flexibility index (Phi) is 5.45. The van der Waals surface area contributed by atoms with E-state index in [4.69, 9.17) is 4.74 Å². The minimum absolute atomic E-state index is 0.324. The number of nitrogens with one attached hydrogen (secondary N) is 1. The predicted octanol–water partition coefficient (Wildman–Crippen LogP) is 1.55. The highest BCUT2D eigenvalue weighted by atomic mass is 16.5. The smallest absolute Gasteiger partial charge is 0.222 e. The van der Waals surface area contributed by atoms with Gasteiger partial charge >= 0.3 is 0 Å². The summed E-state index contributed by atoms with van der Waals surface area (Å²) in [5.74, 6) is 0.324. The van der Waals surface area contributed by atoms with Crippen molar-refractivity contribution >= 4 is 5.91 Å². The highest BCUT2D eigenvalue weighted by molar-refractivity contribution is 5.76. The highest BCUT2D eigenvalue weighted by Gasteiger charge is 2.33. The molecule has 2 atom stereocenters. The average molecular weight is 254 g/mol. The van der Waals surface area contributed by atoms with Gasteiger partial charge in [0.25, 0.3) is 0 Å². The molecule has 4 heteroatoms. The molecule has 0 aromatic rings. The van der Waals surface area contributed by atoms with E-state index in [0.717, 1.165) is 19.5 Å². The van der Waals surface area contributed by atoms with Crippen LogP contribution in [0.5, 0.6) is 0 Å². The lowest BCUT2D eigenvalue weighted by Crippen LogP contribution is -2.52. The molecule has 2 heterocycles. The van der Waals surface area contributed by atoms with E-state index in [-0.39, 0.29) is 0 Å². The molecule has 2 unspecified atom stereocenters. The molecular weight excluding hydrogens is 228 g/mol. The number of nitrogens with zero attached hydrogens (tertiary/aromatic N) is 1. The number of rotatable bonds is 5. The lowest BCUT2D eigenvalue weighted by Gasteiger charge is -2.39. The Labute approximate surface area is 110 Å². The fourth-order valence-corrected chi connectivity index (χ4v) is 3.24. The van der Waals surface area contributed by atoms with Gasteiger partial charge in [-0.1, -0.05) is 0 Å². The third-order valence-corrected chi connectivity index (χ3v) is 4.17. The zero-order chi connectivity index (χ0) is 12.8. The lowest BCUT2D eigenvalue weighted by atomic mass is 9.94. The molecule has 0 radical (unpaired) electrons. The van der Waals surface area contributed by atoms with E-state index in [1.54, 1.807) is 7.11 Å². The molecule has 0 aliphatic carbocycles. The van der Waals surface area contributed by atoms with Crippen LogP contribution < -0.4 is 5.32 Å². The van der Waals surface area contributed by atoms with Crippen LogP contribution in [0.1, 0.15) is 44.9 Å². The molecule has 2 aliphatic rings. The third kappa shape index (κ3) is 3.45. The van der Waals surface area contributed by atoms with Gasteiger partial charge < -0.3 is 15.0 Å². The zero-order valence-electron chi connectivity index (χ0n) is 11.5. The summed E-state index contributed by atoms with van der Waals surface area (Å²) in [4.78, 5) is 14.4. The van der Waals surface area contributed by atoms with Crippen LogP contribution in [0.15, 0.2) is 0 Å². The Bertz CT molecular complexity index is 265. The van der Waals surface area contributed by atoms with Crippen molar-refractivity contribution in [3.8, 4) is 0 Å². The van der Waals surface area contributed by atoms with Gasteiger partial charge in [-0.25, -0.2) is 0 Å². The number of carbonyl (C=O) groups excluding carboxylic acids is 1. The monoisotopic (exact) mass is 254 g/mol. The van der Waals surface area contributed by atoms with Crippen LogP contribution in [0, 0.1) is 0 Å². The van der Waals surface area contributed by atoms with Crippen molar-refractivity contribution in [1.29, 1.82) is 0 Å². The first-order valence-electron chi connectivity index (χ1n) is 7.34. The summed E-state index contributed by atoms with van der Waals surface area (Å²) in [5, 5.41) is 3.56. The van der Waals surface area contributed by atoms with Crippen LogP contribution in [0.2, 0.25) is 0 Å².